The van der Waals surface area contributed by atoms with Gasteiger partial charge in [-0.2, -0.15) is 11.8 Å². The Kier molecular flexibility index (Phi) is 3.94. The van der Waals surface area contributed by atoms with Gasteiger partial charge in [0.05, 0.1) is 6.10 Å². The van der Waals surface area contributed by atoms with Crippen LogP contribution in [0.15, 0.2) is 0 Å². The van der Waals surface area contributed by atoms with Crippen molar-refractivity contribution < 1.29 is 5.11 Å². The molecule has 0 aromatic carbocycles. The van der Waals surface area contributed by atoms with Crippen LogP contribution in [0.1, 0.15) is 72.1 Å². The number of thioether (sulfide) groups is 1. The monoisotopic (exact) mass is 336 g/mol. The highest BCUT2D eigenvalue weighted by Gasteiger charge is 2.66. The average Bonchev–Trinajstić information content (AvgIpc) is 2.50. The molecule has 5 saturated carbocycles. The molecule has 1 nitrogen and oxygen atoms in total. The normalized spacial score (nSPS) is 54.4. The molecule has 2 bridgehead atoms. The number of fused-ring (bicyclic) bond motifs is 3. The average molecular weight is 337 g/mol. The highest BCUT2D eigenvalue weighted by Crippen LogP contribution is 2.72. The van der Waals surface area contributed by atoms with Gasteiger partial charge < -0.3 is 5.11 Å². The Hall–Kier alpha value is 0.310. The first kappa shape index (κ1) is 16.8. The van der Waals surface area contributed by atoms with E-state index in [2.05, 4.69) is 27.0 Å². The van der Waals surface area contributed by atoms with E-state index in [-0.39, 0.29) is 11.5 Å². The van der Waals surface area contributed by atoms with Crippen molar-refractivity contribution in [3.8, 4) is 0 Å². The molecule has 132 valence electrons. The molecule has 6 unspecified atom stereocenters. The zero-order valence-corrected chi connectivity index (χ0v) is 16.4. The molecule has 5 aliphatic carbocycles. The molecule has 7 atom stereocenters. The first-order valence-corrected chi connectivity index (χ1v) is 11.4. The van der Waals surface area contributed by atoms with Crippen molar-refractivity contribution in [2.75, 3.05) is 12.0 Å². The van der Waals surface area contributed by atoms with Crippen LogP contribution in [0.25, 0.3) is 0 Å². The summed E-state index contributed by atoms with van der Waals surface area (Å²) in [7, 11) is 0. The molecule has 0 aliphatic heterocycles. The van der Waals surface area contributed by atoms with E-state index in [0.717, 1.165) is 17.8 Å². The van der Waals surface area contributed by atoms with Gasteiger partial charge in [-0.15, -0.1) is 0 Å². The highest BCUT2D eigenvalue weighted by atomic mass is 32.2. The van der Waals surface area contributed by atoms with Crippen molar-refractivity contribution in [3.05, 3.63) is 0 Å². The zero-order chi connectivity index (χ0) is 16.5. The van der Waals surface area contributed by atoms with Gasteiger partial charge in [0.2, 0.25) is 0 Å². The fourth-order valence-electron chi connectivity index (χ4n) is 8.22. The number of aliphatic hydroxyl groups is 1. The maximum absolute atomic E-state index is 11.4. The van der Waals surface area contributed by atoms with Gasteiger partial charge in [0.15, 0.2) is 0 Å². The predicted octanol–water partition coefficient (Wildman–Crippen LogP) is 5.37. The summed E-state index contributed by atoms with van der Waals surface area (Å²) in [6.45, 7) is 7.68. The summed E-state index contributed by atoms with van der Waals surface area (Å²) in [5, 5.41) is 11.4. The van der Waals surface area contributed by atoms with E-state index in [0.29, 0.717) is 16.7 Å². The fourth-order valence-corrected chi connectivity index (χ4v) is 9.06. The SMILES string of the molecule is CSCC1C2CCC3(CCC4C(C)(C)CCC[C@@]4(C)C3C2)C1O. The minimum atomic E-state index is -0.0183. The van der Waals surface area contributed by atoms with Crippen LogP contribution in [0.3, 0.4) is 0 Å². The van der Waals surface area contributed by atoms with E-state index in [1.54, 1.807) is 0 Å². The van der Waals surface area contributed by atoms with Gasteiger partial charge in [0, 0.05) is 0 Å². The molecule has 5 aliphatic rings. The molecule has 1 N–H and O–H groups in total. The first-order valence-electron chi connectivity index (χ1n) is 10.0. The predicted molar refractivity (Wildman–Crippen MR) is 99.6 cm³/mol. The minimum Gasteiger partial charge on any atom is -0.392 e. The summed E-state index contributed by atoms with van der Waals surface area (Å²) >= 11 is 1.95. The Morgan fingerprint density at radius 1 is 1.00 bits per heavy atom. The number of aliphatic hydroxyl groups excluding tert-OH is 1. The van der Waals surface area contributed by atoms with Gasteiger partial charge >= 0.3 is 0 Å². The standard InChI is InChI=1S/C21H36OS/c1-19(2)8-5-9-20(3)16(19)7-11-21-10-6-14(12-17(20)21)15(13-23-4)18(21)22/h14-18,22H,5-13H2,1-4H3/t14?,15?,16?,17?,18?,20-,21?/m1/s1. The smallest absolute Gasteiger partial charge is 0.0637 e. The summed E-state index contributed by atoms with van der Waals surface area (Å²) in [5.74, 6) is 4.22. The summed E-state index contributed by atoms with van der Waals surface area (Å²) in [6, 6.07) is 0. The van der Waals surface area contributed by atoms with Crippen molar-refractivity contribution in [3.63, 3.8) is 0 Å². The lowest BCUT2D eigenvalue weighted by molar-refractivity contribution is -0.238. The van der Waals surface area contributed by atoms with Crippen LogP contribution in [-0.4, -0.2) is 23.2 Å². The molecule has 0 saturated heterocycles. The van der Waals surface area contributed by atoms with E-state index in [1.807, 2.05) is 11.8 Å². The van der Waals surface area contributed by atoms with Gasteiger partial charge in [-0.05, 0) is 96.9 Å². The fraction of sp³-hybridized carbons (Fsp3) is 1.00. The summed E-state index contributed by atoms with van der Waals surface area (Å²) in [6.07, 6.45) is 13.2. The van der Waals surface area contributed by atoms with Gasteiger partial charge in [0.1, 0.15) is 0 Å². The van der Waals surface area contributed by atoms with Crippen LogP contribution >= 0.6 is 11.8 Å². The second-order valence-corrected chi connectivity index (χ2v) is 11.2. The molecule has 1 spiro atoms. The molecular weight excluding hydrogens is 300 g/mol. The van der Waals surface area contributed by atoms with Crippen LogP contribution in [-0.2, 0) is 0 Å². The van der Waals surface area contributed by atoms with Crippen LogP contribution < -0.4 is 0 Å². The lowest BCUT2D eigenvalue weighted by Crippen LogP contribution is -2.66. The van der Waals surface area contributed by atoms with Gasteiger partial charge in [0.25, 0.3) is 0 Å². The Labute approximate surface area is 147 Å². The molecular formula is C21H36OS. The van der Waals surface area contributed by atoms with Crippen molar-refractivity contribution in [1.82, 2.24) is 0 Å². The lowest BCUT2D eigenvalue weighted by Gasteiger charge is -2.70. The van der Waals surface area contributed by atoms with E-state index in [1.165, 1.54) is 57.1 Å². The van der Waals surface area contributed by atoms with Crippen LogP contribution in [0.4, 0.5) is 0 Å². The number of hydrogen-bond acceptors (Lipinski definition) is 2. The van der Waals surface area contributed by atoms with Gasteiger partial charge in [-0.3, -0.25) is 0 Å². The second kappa shape index (κ2) is 5.40. The van der Waals surface area contributed by atoms with Crippen LogP contribution in [0.5, 0.6) is 0 Å². The van der Waals surface area contributed by atoms with Crippen molar-refractivity contribution in [2.45, 2.75) is 78.2 Å². The molecule has 5 fully saturated rings. The molecule has 5 rings (SSSR count). The molecule has 0 aromatic rings. The topological polar surface area (TPSA) is 20.2 Å². The van der Waals surface area contributed by atoms with Crippen molar-refractivity contribution in [1.29, 1.82) is 0 Å². The van der Waals surface area contributed by atoms with Crippen molar-refractivity contribution >= 4 is 11.8 Å². The third-order valence-electron chi connectivity index (χ3n) is 9.14. The molecule has 0 radical (unpaired) electrons. The molecule has 0 amide bonds. The van der Waals surface area contributed by atoms with Crippen molar-refractivity contribution in [2.24, 2.45) is 39.9 Å². The highest BCUT2D eigenvalue weighted by molar-refractivity contribution is 7.98. The molecule has 23 heavy (non-hydrogen) atoms. The maximum atomic E-state index is 11.4. The third-order valence-corrected chi connectivity index (χ3v) is 9.86. The molecule has 0 heterocycles. The number of hydrogen-bond donors (Lipinski definition) is 1. The summed E-state index contributed by atoms with van der Waals surface area (Å²) in [5.41, 5.74) is 1.27. The van der Waals surface area contributed by atoms with E-state index in [4.69, 9.17) is 0 Å². The lowest BCUT2D eigenvalue weighted by atomic mass is 9.36. The van der Waals surface area contributed by atoms with E-state index in [9.17, 15) is 5.11 Å². The Bertz CT molecular complexity index is 474. The van der Waals surface area contributed by atoms with Gasteiger partial charge in [-0.1, -0.05) is 27.2 Å². The summed E-state index contributed by atoms with van der Waals surface area (Å²) < 4.78 is 0. The maximum Gasteiger partial charge on any atom is 0.0637 e. The van der Waals surface area contributed by atoms with Gasteiger partial charge in [-0.25, -0.2) is 0 Å². The van der Waals surface area contributed by atoms with Crippen LogP contribution in [0.2, 0.25) is 0 Å². The molecule has 2 heteroatoms. The Balaban J connectivity index is 1.71. The quantitative estimate of drug-likeness (QED) is 0.731. The Morgan fingerprint density at radius 3 is 2.48 bits per heavy atom. The largest absolute Gasteiger partial charge is 0.392 e. The Morgan fingerprint density at radius 2 is 1.74 bits per heavy atom. The van der Waals surface area contributed by atoms with Crippen LogP contribution in [0, 0.1) is 39.9 Å². The summed E-state index contributed by atoms with van der Waals surface area (Å²) in [4.78, 5) is 0. The minimum absolute atomic E-state index is 0.0183. The number of rotatable bonds is 2. The van der Waals surface area contributed by atoms with E-state index < -0.39 is 0 Å². The second-order valence-electron chi connectivity index (χ2n) is 10.3. The molecule has 0 aromatic heterocycles. The van der Waals surface area contributed by atoms with E-state index >= 15 is 0 Å². The first-order chi connectivity index (χ1) is 10.8. The third kappa shape index (κ3) is 2.16. The zero-order valence-electron chi connectivity index (χ0n) is 15.6.